The van der Waals surface area contributed by atoms with Crippen molar-refractivity contribution in [2.45, 2.75) is 19.6 Å². The Labute approximate surface area is 218 Å². The first kappa shape index (κ1) is 28.9. The van der Waals surface area contributed by atoms with E-state index in [4.69, 9.17) is 0 Å². The zero-order chi connectivity index (χ0) is 28.3. The van der Waals surface area contributed by atoms with Crippen molar-refractivity contribution in [3.63, 3.8) is 0 Å². The van der Waals surface area contributed by atoms with Gasteiger partial charge in [-0.1, -0.05) is 6.07 Å². The number of pyridine rings is 1. The molecule has 0 saturated heterocycles. The number of alkyl halides is 3. The molecule has 0 fully saturated rings. The topological polar surface area (TPSA) is 137 Å². The molecule has 206 valence electrons. The quantitative estimate of drug-likeness (QED) is 0.374. The maximum Gasteiger partial charge on any atom is 0.421 e. The lowest BCUT2D eigenvalue weighted by Crippen LogP contribution is -2.29. The van der Waals surface area contributed by atoms with E-state index in [1.807, 2.05) is 0 Å². The van der Waals surface area contributed by atoms with Gasteiger partial charge in [0.1, 0.15) is 17.2 Å². The normalized spacial score (nSPS) is 12.2. The summed E-state index contributed by atoms with van der Waals surface area (Å²) < 4.78 is 90.8. The van der Waals surface area contributed by atoms with Gasteiger partial charge in [-0.3, -0.25) is 8.61 Å². The van der Waals surface area contributed by atoms with Crippen LogP contribution in [0.2, 0.25) is 0 Å². The van der Waals surface area contributed by atoms with Gasteiger partial charge in [0, 0.05) is 43.8 Å². The smallest absolute Gasteiger partial charge is 0.365 e. The molecule has 11 nitrogen and oxygen atoms in total. The van der Waals surface area contributed by atoms with E-state index in [9.17, 15) is 30.0 Å². The van der Waals surface area contributed by atoms with Gasteiger partial charge in [0.2, 0.25) is 26.0 Å². The average molecular weight is 574 g/mol. The number of hydrogen-bond acceptors (Lipinski definition) is 9. The van der Waals surface area contributed by atoms with Gasteiger partial charge in [0.25, 0.3) is 0 Å². The van der Waals surface area contributed by atoms with Gasteiger partial charge in [0.05, 0.1) is 18.2 Å². The predicted octanol–water partition coefficient (Wildman–Crippen LogP) is 3.43. The van der Waals surface area contributed by atoms with E-state index in [0.717, 1.165) is 16.8 Å². The minimum Gasteiger partial charge on any atom is -0.365 e. The van der Waals surface area contributed by atoms with Crippen LogP contribution < -0.4 is 19.2 Å². The Balaban J connectivity index is 1.88. The van der Waals surface area contributed by atoms with Crippen molar-refractivity contribution in [3.05, 3.63) is 59.9 Å². The van der Waals surface area contributed by atoms with Crippen LogP contribution in [0.25, 0.3) is 0 Å². The molecule has 0 spiro atoms. The second-order valence-corrected chi connectivity index (χ2v) is 12.0. The summed E-state index contributed by atoms with van der Waals surface area (Å²) in [6, 6.07) is 9.22. The zero-order valence-corrected chi connectivity index (χ0v) is 22.5. The third-order valence-corrected chi connectivity index (χ3v) is 7.74. The van der Waals surface area contributed by atoms with Gasteiger partial charge >= 0.3 is 6.18 Å². The van der Waals surface area contributed by atoms with E-state index >= 15 is 0 Å². The van der Waals surface area contributed by atoms with Gasteiger partial charge in [-0.15, -0.1) is 0 Å². The average Bonchev–Trinajstić information content (AvgIpc) is 2.82. The number of nitrogens with zero attached hydrogens (tertiary/aromatic N) is 5. The summed E-state index contributed by atoms with van der Waals surface area (Å²) in [7, 11) is -5.85. The Bertz CT molecular complexity index is 1500. The van der Waals surface area contributed by atoms with Crippen LogP contribution >= 0.6 is 0 Å². The monoisotopic (exact) mass is 573 g/mol. The van der Waals surface area contributed by atoms with Crippen molar-refractivity contribution in [3.8, 4) is 0 Å². The fraction of sp³-hybridized carbons (Fsp3) is 0.318. The van der Waals surface area contributed by atoms with Crippen LogP contribution in [0.5, 0.6) is 0 Å². The summed E-state index contributed by atoms with van der Waals surface area (Å²) in [5.74, 6) is -0.625. The summed E-state index contributed by atoms with van der Waals surface area (Å²) in [4.78, 5) is 11.8. The lowest BCUT2D eigenvalue weighted by molar-refractivity contribution is -0.137. The van der Waals surface area contributed by atoms with Crippen LogP contribution in [-0.2, 0) is 32.8 Å². The fourth-order valence-corrected chi connectivity index (χ4v) is 4.87. The molecule has 0 unspecified atom stereocenters. The molecule has 1 aromatic carbocycles. The molecule has 2 heterocycles. The van der Waals surface area contributed by atoms with Gasteiger partial charge in [-0.25, -0.2) is 26.8 Å². The predicted molar refractivity (Wildman–Crippen MR) is 139 cm³/mol. The number of benzene rings is 1. The van der Waals surface area contributed by atoms with E-state index in [2.05, 4.69) is 25.6 Å². The molecule has 2 N–H and O–H groups in total. The second kappa shape index (κ2) is 11.0. The first-order valence-electron chi connectivity index (χ1n) is 11.0. The summed E-state index contributed by atoms with van der Waals surface area (Å²) in [6.45, 7) is 1.70. The highest BCUT2D eigenvalue weighted by Crippen LogP contribution is 2.34. The number of anilines is 5. The third-order valence-electron chi connectivity index (χ3n) is 5.30. The number of nitrogens with one attached hydrogen (secondary N) is 2. The Hall–Kier alpha value is -3.66. The molecule has 38 heavy (non-hydrogen) atoms. The van der Waals surface area contributed by atoms with Gasteiger partial charge < -0.3 is 10.6 Å². The molecule has 0 aliphatic rings. The Kier molecular flexibility index (Phi) is 8.36. The number of rotatable bonds is 10. The van der Waals surface area contributed by atoms with Gasteiger partial charge in [-0.05, 0) is 37.3 Å². The lowest BCUT2D eigenvalue weighted by atomic mass is 10.2. The highest BCUT2D eigenvalue weighted by molar-refractivity contribution is 7.92. The van der Waals surface area contributed by atoms with Crippen molar-refractivity contribution in [2.75, 3.05) is 45.3 Å². The van der Waals surface area contributed by atoms with E-state index in [1.165, 1.54) is 29.7 Å². The minimum absolute atomic E-state index is 0.0544. The molecule has 0 aliphatic carbocycles. The second-order valence-electron chi connectivity index (χ2n) is 8.12. The van der Waals surface area contributed by atoms with E-state index in [0.29, 0.717) is 23.1 Å². The van der Waals surface area contributed by atoms with Crippen LogP contribution in [0.4, 0.5) is 42.1 Å². The van der Waals surface area contributed by atoms with Crippen LogP contribution in [0, 0.1) is 0 Å². The van der Waals surface area contributed by atoms with Crippen molar-refractivity contribution in [2.24, 2.45) is 0 Å². The SMILES string of the molecule is CCN(c1ccc(Nc2ncc(C(F)(F)F)c(NCc3cccnc3N(C)S(C)(=O)=O)n2)cc1)S(C)(=O)=O. The van der Waals surface area contributed by atoms with E-state index < -0.39 is 37.6 Å². The largest absolute Gasteiger partial charge is 0.421 e. The summed E-state index contributed by atoms with van der Waals surface area (Å²) in [5.41, 5.74) is 0.0339. The van der Waals surface area contributed by atoms with Crippen molar-refractivity contribution in [1.82, 2.24) is 15.0 Å². The Morgan fingerprint density at radius 1 is 0.974 bits per heavy atom. The van der Waals surface area contributed by atoms with Crippen LogP contribution in [0.3, 0.4) is 0 Å². The summed E-state index contributed by atoms with van der Waals surface area (Å²) >= 11 is 0. The number of sulfonamides is 2. The van der Waals surface area contributed by atoms with E-state index in [-0.39, 0.29) is 24.9 Å². The van der Waals surface area contributed by atoms with Gasteiger partial charge in [0.15, 0.2) is 0 Å². The highest BCUT2D eigenvalue weighted by Gasteiger charge is 2.35. The number of aromatic nitrogens is 3. The molecule has 0 radical (unpaired) electrons. The van der Waals surface area contributed by atoms with Crippen molar-refractivity contribution >= 4 is 49.0 Å². The lowest BCUT2D eigenvalue weighted by Gasteiger charge is -2.21. The maximum absolute atomic E-state index is 13.7. The maximum atomic E-state index is 13.7. The highest BCUT2D eigenvalue weighted by atomic mass is 32.2. The summed E-state index contributed by atoms with van der Waals surface area (Å²) in [6.07, 6.45) is -0.701. The molecule has 0 atom stereocenters. The molecule has 2 aromatic heterocycles. The molecule has 0 amide bonds. The van der Waals surface area contributed by atoms with Gasteiger partial charge in [-0.2, -0.15) is 18.2 Å². The number of halogens is 3. The van der Waals surface area contributed by atoms with Crippen LogP contribution in [0.15, 0.2) is 48.8 Å². The molecular formula is C22H26F3N7O4S2. The first-order valence-corrected chi connectivity index (χ1v) is 14.7. The summed E-state index contributed by atoms with van der Waals surface area (Å²) in [5, 5.41) is 5.41. The molecule has 0 aliphatic heterocycles. The third kappa shape index (κ3) is 7.00. The van der Waals surface area contributed by atoms with Crippen molar-refractivity contribution < 1.29 is 30.0 Å². The Morgan fingerprint density at radius 3 is 2.18 bits per heavy atom. The molecule has 0 saturated carbocycles. The van der Waals surface area contributed by atoms with Crippen LogP contribution in [0.1, 0.15) is 18.1 Å². The fourth-order valence-electron chi connectivity index (χ4n) is 3.42. The van der Waals surface area contributed by atoms with Crippen molar-refractivity contribution in [1.29, 1.82) is 0 Å². The molecule has 0 bridgehead atoms. The minimum atomic E-state index is -4.76. The number of hydrogen-bond donors (Lipinski definition) is 2. The van der Waals surface area contributed by atoms with Crippen LogP contribution in [-0.4, -0.2) is 57.9 Å². The molecule has 3 aromatic rings. The molecule has 3 rings (SSSR count). The molecular weight excluding hydrogens is 547 g/mol. The zero-order valence-electron chi connectivity index (χ0n) is 20.9. The molecule has 16 heteroatoms. The van der Waals surface area contributed by atoms with E-state index in [1.54, 1.807) is 31.2 Å². The Morgan fingerprint density at radius 2 is 1.63 bits per heavy atom. The standard InChI is InChI=1S/C22H26F3N7O4S2/c1-5-32(38(4,35)36)17-10-8-16(9-11-17)29-21-28-14-18(22(23,24)25)19(30-21)27-13-15-7-6-12-26-20(15)31(2)37(3,33)34/h6-12,14H,5,13H2,1-4H3,(H2,27,28,29,30). The first-order chi connectivity index (χ1) is 17.6.